The molecule has 0 aliphatic heterocycles. The Balaban J connectivity index is 0.000000244. The second-order valence-corrected chi connectivity index (χ2v) is 6.18. The summed E-state index contributed by atoms with van der Waals surface area (Å²) in [6, 6.07) is 26.4. The molecule has 0 saturated heterocycles. The second kappa shape index (κ2) is 5.60. The fourth-order valence-electron chi connectivity index (χ4n) is 3.77. The summed E-state index contributed by atoms with van der Waals surface area (Å²) in [4.78, 5) is 6.42. The van der Waals surface area contributed by atoms with E-state index in [4.69, 9.17) is 0 Å². The number of hydrogen-bond acceptors (Lipinski definition) is 1. The number of imidazole rings is 1. The zero-order valence-corrected chi connectivity index (χ0v) is 13.6. The molecule has 5 aromatic carbocycles. The molecule has 0 saturated carbocycles. The number of fused-ring (bicyclic) bond motifs is 3. The summed E-state index contributed by atoms with van der Waals surface area (Å²) in [6.07, 6.45) is 5.08. The van der Waals surface area contributed by atoms with E-state index >= 15 is 0 Å². The van der Waals surface area contributed by atoms with Crippen molar-refractivity contribution in [2.24, 2.45) is 0 Å². The maximum Gasteiger partial charge on any atom is 0.0919 e. The molecule has 2 nitrogen and oxygen atoms in total. The normalized spacial score (nSPS) is 11.2. The lowest BCUT2D eigenvalue weighted by atomic mass is 9.89. The highest BCUT2D eigenvalue weighted by atomic mass is 14.8. The third-order valence-corrected chi connectivity index (χ3v) is 4.80. The molecule has 2 heteroatoms. The predicted octanol–water partition coefficient (Wildman–Crippen LogP) is 6.15. The van der Waals surface area contributed by atoms with Gasteiger partial charge in [-0.2, -0.15) is 0 Å². The third-order valence-electron chi connectivity index (χ3n) is 4.80. The van der Waals surface area contributed by atoms with Crippen LogP contribution >= 0.6 is 0 Å². The van der Waals surface area contributed by atoms with Gasteiger partial charge in [-0.05, 0) is 43.1 Å². The number of aromatic nitrogens is 2. The Morgan fingerprint density at radius 1 is 0.560 bits per heavy atom. The van der Waals surface area contributed by atoms with E-state index in [-0.39, 0.29) is 0 Å². The number of aromatic amines is 1. The van der Waals surface area contributed by atoms with Gasteiger partial charge in [0, 0.05) is 12.4 Å². The molecule has 0 fully saturated rings. The van der Waals surface area contributed by atoms with Gasteiger partial charge >= 0.3 is 0 Å². The number of benzene rings is 5. The van der Waals surface area contributed by atoms with Crippen LogP contribution in [0, 0.1) is 0 Å². The van der Waals surface area contributed by atoms with E-state index < -0.39 is 0 Å². The molecule has 0 atom stereocenters. The first-order valence-electron chi connectivity index (χ1n) is 8.40. The Kier molecular flexibility index (Phi) is 3.14. The summed E-state index contributed by atoms with van der Waals surface area (Å²) in [5, 5.41) is 10.9. The average Bonchev–Trinajstić information content (AvgIpc) is 3.27. The molecular formula is C23H16N2. The van der Waals surface area contributed by atoms with E-state index in [1.165, 1.54) is 43.1 Å². The first-order valence-corrected chi connectivity index (χ1v) is 8.40. The maximum absolute atomic E-state index is 3.67. The van der Waals surface area contributed by atoms with Crippen molar-refractivity contribution in [3.63, 3.8) is 0 Å². The molecule has 0 spiro atoms. The topological polar surface area (TPSA) is 28.7 Å². The van der Waals surface area contributed by atoms with Crippen molar-refractivity contribution in [3.8, 4) is 0 Å². The summed E-state index contributed by atoms with van der Waals surface area (Å²) >= 11 is 0. The Labute approximate surface area is 145 Å². The summed E-state index contributed by atoms with van der Waals surface area (Å²) in [5.41, 5.74) is 0. The van der Waals surface area contributed by atoms with Gasteiger partial charge < -0.3 is 4.98 Å². The Morgan fingerprint density at radius 2 is 1.12 bits per heavy atom. The van der Waals surface area contributed by atoms with Gasteiger partial charge in [0.25, 0.3) is 0 Å². The Hall–Kier alpha value is -3.39. The molecule has 0 aliphatic carbocycles. The molecule has 0 amide bonds. The van der Waals surface area contributed by atoms with E-state index in [2.05, 4.69) is 82.8 Å². The summed E-state index contributed by atoms with van der Waals surface area (Å²) in [5.74, 6) is 0. The highest BCUT2D eigenvalue weighted by Gasteiger charge is 2.11. The van der Waals surface area contributed by atoms with Gasteiger partial charge in [0.05, 0.1) is 6.33 Å². The van der Waals surface area contributed by atoms with Crippen molar-refractivity contribution in [2.45, 2.75) is 0 Å². The smallest absolute Gasteiger partial charge is 0.0919 e. The van der Waals surface area contributed by atoms with Crippen LogP contribution in [0.1, 0.15) is 0 Å². The van der Waals surface area contributed by atoms with E-state index in [1.54, 1.807) is 18.7 Å². The number of nitrogens with zero attached hydrogens (tertiary/aromatic N) is 1. The lowest BCUT2D eigenvalue weighted by Gasteiger charge is -2.14. The molecular weight excluding hydrogens is 304 g/mol. The molecule has 6 rings (SSSR count). The molecule has 1 aromatic heterocycles. The number of hydrogen-bond donors (Lipinski definition) is 1. The molecule has 0 unspecified atom stereocenters. The standard InChI is InChI=1S/C20H12.C3H4N2/c1-2-8-16-15(7-1)17-9-3-5-13-11-12-14-6-4-10-18(16)20(14)19(13)17;1-2-5-3-4-1/h1-12H;1-3H,(H,4,5). The minimum Gasteiger partial charge on any atom is -0.351 e. The summed E-state index contributed by atoms with van der Waals surface area (Å²) in [7, 11) is 0. The van der Waals surface area contributed by atoms with Crippen LogP contribution in [0.25, 0.3) is 43.1 Å². The van der Waals surface area contributed by atoms with Crippen LogP contribution in [-0.2, 0) is 0 Å². The molecule has 0 radical (unpaired) electrons. The third kappa shape index (κ3) is 2.15. The first kappa shape index (κ1) is 14.0. The first-order chi connectivity index (χ1) is 12.4. The van der Waals surface area contributed by atoms with Crippen LogP contribution in [0.5, 0.6) is 0 Å². The number of rotatable bonds is 0. The zero-order valence-electron chi connectivity index (χ0n) is 13.6. The number of H-pyrrole nitrogens is 1. The molecule has 0 aliphatic rings. The van der Waals surface area contributed by atoms with Crippen LogP contribution in [-0.4, -0.2) is 9.97 Å². The fraction of sp³-hybridized carbons (Fsp3) is 0. The van der Waals surface area contributed by atoms with Crippen molar-refractivity contribution in [1.29, 1.82) is 0 Å². The highest BCUT2D eigenvalue weighted by Crippen LogP contribution is 2.40. The molecule has 25 heavy (non-hydrogen) atoms. The molecule has 118 valence electrons. The average molecular weight is 320 g/mol. The van der Waals surface area contributed by atoms with Crippen molar-refractivity contribution in [1.82, 2.24) is 9.97 Å². The highest BCUT2D eigenvalue weighted by molar-refractivity contribution is 6.33. The van der Waals surface area contributed by atoms with E-state index in [9.17, 15) is 0 Å². The van der Waals surface area contributed by atoms with Crippen molar-refractivity contribution in [2.75, 3.05) is 0 Å². The van der Waals surface area contributed by atoms with E-state index in [0.717, 1.165) is 0 Å². The van der Waals surface area contributed by atoms with Gasteiger partial charge in [0.15, 0.2) is 0 Å². The predicted molar refractivity (Wildman–Crippen MR) is 106 cm³/mol. The van der Waals surface area contributed by atoms with Gasteiger partial charge in [-0.1, -0.05) is 72.8 Å². The Morgan fingerprint density at radius 3 is 1.56 bits per heavy atom. The fourth-order valence-corrected chi connectivity index (χ4v) is 3.77. The lowest BCUT2D eigenvalue weighted by Crippen LogP contribution is -1.86. The quantitative estimate of drug-likeness (QED) is 0.264. The minimum absolute atomic E-state index is 1.33. The van der Waals surface area contributed by atoms with Crippen molar-refractivity contribution in [3.05, 3.63) is 91.5 Å². The maximum atomic E-state index is 3.67. The van der Waals surface area contributed by atoms with Crippen LogP contribution in [0.15, 0.2) is 91.5 Å². The summed E-state index contributed by atoms with van der Waals surface area (Å²) in [6.45, 7) is 0. The minimum atomic E-state index is 1.33. The van der Waals surface area contributed by atoms with Crippen LogP contribution in [0.3, 0.4) is 0 Å². The van der Waals surface area contributed by atoms with Crippen LogP contribution < -0.4 is 0 Å². The van der Waals surface area contributed by atoms with Crippen LogP contribution in [0.4, 0.5) is 0 Å². The zero-order chi connectivity index (χ0) is 16.6. The van der Waals surface area contributed by atoms with Gasteiger partial charge in [0.2, 0.25) is 0 Å². The largest absolute Gasteiger partial charge is 0.351 e. The van der Waals surface area contributed by atoms with Crippen molar-refractivity contribution < 1.29 is 0 Å². The summed E-state index contributed by atoms with van der Waals surface area (Å²) < 4.78 is 0. The van der Waals surface area contributed by atoms with E-state index in [0.29, 0.717) is 0 Å². The monoisotopic (exact) mass is 320 g/mol. The lowest BCUT2D eigenvalue weighted by molar-refractivity contribution is 1.31. The van der Waals surface area contributed by atoms with Gasteiger partial charge in [-0.3, -0.25) is 0 Å². The second-order valence-electron chi connectivity index (χ2n) is 6.18. The SMILES string of the molecule is c1c[nH]cn1.c1ccc2c(c1)c1cccc3ccc4cccc2c4c31. The Bertz CT molecular complexity index is 1180. The molecule has 0 bridgehead atoms. The van der Waals surface area contributed by atoms with Gasteiger partial charge in [-0.15, -0.1) is 0 Å². The van der Waals surface area contributed by atoms with Gasteiger partial charge in [0.1, 0.15) is 0 Å². The molecule has 6 aromatic rings. The molecule has 1 N–H and O–H groups in total. The van der Waals surface area contributed by atoms with Crippen LogP contribution in [0.2, 0.25) is 0 Å². The number of nitrogens with one attached hydrogen (secondary N) is 1. The van der Waals surface area contributed by atoms with E-state index in [1.807, 2.05) is 0 Å². The molecule has 1 heterocycles. The van der Waals surface area contributed by atoms with Crippen molar-refractivity contribution >= 4 is 43.1 Å². The van der Waals surface area contributed by atoms with Gasteiger partial charge in [-0.25, -0.2) is 4.98 Å².